The maximum atomic E-state index is 12.6. The highest BCUT2D eigenvalue weighted by Crippen LogP contribution is 2.37. The van der Waals surface area contributed by atoms with Crippen molar-refractivity contribution in [2.24, 2.45) is 5.41 Å². The number of amides is 4. The van der Waals surface area contributed by atoms with Gasteiger partial charge in [-0.05, 0) is 26.0 Å². The fourth-order valence-electron chi connectivity index (χ4n) is 1.83. The van der Waals surface area contributed by atoms with Crippen LogP contribution in [0.3, 0.4) is 0 Å². The number of anilines is 1. The number of halogens is 2. The molecule has 1 aliphatic heterocycles. The quantitative estimate of drug-likeness (QED) is 0.688. The second-order valence-corrected chi connectivity index (χ2v) is 5.90. The molecule has 1 saturated heterocycles. The zero-order valence-electron chi connectivity index (χ0n) is 11.2. The Morgan fingerprint density at radius 2 is 1.81 bits per heavy atom. The molecule has 1 aliphatic rings. The molecule has 0 aromatic heterocycles. The van der Waals surface area contributed by atoms with Gasteiger partial charge in [0, 0.05) is 4.90 Å². The number of carbonyl (C=O) groups is 3. The van der Waals surface area contributed by atoms with E-state index < -0.39 is 29.0 Å². The Morgan fingerprint density at radius 1 is 1.19 bits per heavy atom. The molecule has 0 unspecified atom stereocenters. The monoisotopic (exact) mass is 314 g/mol. The summed E-state index contributed by atoms with van der Waals surface area (Å²) in [6.07, 6.45) is 0. The smallest absolute Gasteiger partial charge is 0.276 e. The minimum Gasteiger partial charge on any atom is -0.276 e. The standard InChI is InChI=1S/C13H12F2N2O3S/c1-13(2)9(18)16-12(20)17(10(13)19)7-5-3-4-6-8(7)21-11(14)15/h3-6,11H,1-2H3,(H,16,18,20). The Morgan fingerprint density at radius 3 is 2.43 bits per heavy atom. The molecule has 4 amide bonds. The maximum absolute atomic E-state index is 12.6. The highest BCUT2D eigenvalue weighted by molar-refractivity contribution is 7.99. The number of para-hydroxylation sites is 1. The number of hydrogen-bond donors (Lipinski definition) is 1. The van der Waals surface area contributed by atoms with Crippen LogP contribution in [-0.2, 0) is 9.59 Å². The molecule has 0 aliphatic carbocycles. The van der Waals surface area contributed by atoms with E-state index in [0.717, 1.165) is 4.90 Å². The number of hydrogen-bond acceptors (Lipinski definition) is 4. The summed E-state index contributed by atoms with van der Waals surface area (Å²) in [7, 11) is 0. The van der Waals surface area contributed by atoms with Crippen molar-refractivity contribution in [2.75, 3.05) is 4.90 Å². The largest absolute Gasteiger partial charge is 0.335 e. The van der Waals surface area contributed by atoms with Gasteiger partial charge in [0.15, 0.2) is 0 Å². The van der Waals surface area contributed by atoms with Crippen molar-refractivity contribution in [1.82, 2.24) is 5.32 Å². The van der Waals surface area contributed by atoms with Crippen LogP contribution in [0.2, 0.25) is 0 Å². The molecule has 2 rings (SSSR count). The summed E-state index contributed by atoms with van der Waals surface area (Å²) in [5, 5.41) is 2.06. The molecule has 1 heterocycles. The maximum Gasteiger partial charge on any atom is 0.335 e. The Labute approximate surface area is 123 Å². The van der Waals surface area contributed by atoms with Crippen LogP contribution in [0.25, 0.3) is 0 Å². The average molecular weight is 314 g/mol. The number of nitrogens with one attached hydrogen (secondary N) is 1. The number of thioether (sulfide) groups is 1. The Kier molecular flexibility index (Phi) is 3.99. The van der Waals surface area contributed by atoms with Crippen molar-refractivity contribution < 1.29 is 23.2 Å². The van der Waals surface area contributed by atoms with E-state index in [1.807, 2.05) is 0 Å². The lowest BCUT2D eigenvalue weighted by Crippen LogP contribution is -2.62. The van der Waals surface area contributed by atoms with Crippen LogP contribution in [0, 0.1) is 5.41 Å². The molecule has 1 N–H and O–H groups in total. The van der Waals surface area contributed by atoms with E-state index in [1.165, 1.54) is 38.1 Å². The second-order valence-electron chi connectivity index (χ2n) is 4.87. The second kappa shape index (κ2) is 5.44. The van der Waals surface area contributed by atoms with E-state index in [9.17, 15) is 23.2 Å². The molecular weight excluding hydrogens is 302 g/mol. The van der Waals surface area contributed by atoms with Gasteiger partial charge in [-0.2, -0.15) is 8.78 Å². The lowest BCUT2D eigenvalue weighted by Gasteiger charge is -2.35. The topological polar surface area (TPSA) is 66.5 Å². The fraction of sp³-hybridized carbons (Fsp3) is 0.308. The van der Waals surface area contributed by atoms with Crippen LogP contribution in [0.1, 0.15) is 13.8 Å². The van der Waals surface area contributed by atoms with Crippen molar-refractivity contribution >= 4 is 35.3 Å². The van der Waals surface area contributed by atoms with Crippen molar-refractivity contribution in [3.05, 3.63) is 24.3 Å². The van der Waals surface area contributed by atoms with Gasteiger partial charge in [0.2, 0.25) is 11.8 Å². The number of nitrogens with zero attached hydrogens (tertiary/aromatic N) is 1. The zero-order valence-corrected chi connectivity index (χ0v) is 12.0. The van der Waals surface area contributed by atoms with Crippen LogP contribution in [0.5, 0.6) is 0 Å². The molecule has 0 atom stereocenters. The lowest BCUT2D eigenvalue weighted by atomic mass is 9.88. The van der Waals surface area contributed by atoms with Gasteiger partial charge in [-0.1, -0.05) is 23.9 Å². The summed E-state index contributed by atoms with van der Waals surface area (Å²) in [5.74, 6) is -4.16. The minimum atomic E-state index is -2.69. The molecule has 0 bridgehead atoms. The minimum absolute atomic E-state index is 0.0332. The summed E-state index contributed by atoms with van der Waals surface area (Å²) in [5.41, 5.74) is -1.41. The molecule has 0 spiro atoms. The predicted octanol–water partition coefficient (Wildman–Crippen LogP) is 2.61. The molecule has 1 aromatic carbocycles. The number of barbiturate groups is 1. The first-order valence-corrected chi connectivity index (χ1v) is 6.87. The number of alkyl halides is 2. The molecule has 1 aromatic rings. The number of carbonyl (C=O) groups excluding carboxylic acids is 3. The van der Waals surface area contributed by atoms with Crippen LogP contribution in [0.4, 0.5) is 19.3 Å². The third kappa shape index (κ3) is 2.76. The molecule has 8 heteroatoms. The Hall–Kier alpha value is -1.96. The van der Waals surface area contributed by atoms with E-state index in [2.05, 4.69) is 5.32 Å². The van der Waals surface area contributed by atoms with Crippen molar-refractivity contribution in [3.63, 3.8) is 0 Å². The van der Waals surface area contributed by atoms with E-state index >= 15 is 0 Å². The van der Waals surface area contributed by atoms with Gasteiger partial charge in [-0.3, -0.25) is 14.9 Å². The van der Waals surface area contributed by atoms with E-state index in [1.54, 1.807) is 0 Å². The summed E-state index contributed by atoms with van der Waals surface area (Å²) in [4.78, 5) is 36.8. The normalized spacial score (nSPS) is 18.1. The van der Waals surface area contributed by atoms with Gasteiger partial charge < -0.3 is 0 Å². The fourth-order valence-corrected chi connectivity index (χ4v) is 2.46. The van der Waals surface area contributed by atoms with E-state index in [4.69, 9.17) is 0 Å². The first-order valence-electron chi connectivity index (χ1n) is 5.99. The number of urea groups is 1. The van der Waals surface area contributed by atoms with Gasteiger partial charge in [0.25, 0.3) is 5.76 Å². The van der Waals surface area contributed by atoms with Crippen molar-refractivity contribution in [3.8, 4) is 0 Å². The summed E-state index contributed by atoms with van der Waals surface area (Å²) in [6.45, 7) is 2.74. The predicted molar refractivity (Wildman–Crippen MR) is 73.1 cm³/mol. The highest BCUT2D eigenvalue weighted by Gasteiger charge is 2.48. The molecule has 1 fully saturated rings. The van der Waals surface area contributed by atoms with Crippen molar-refractivity contribution in [1.29, 1.82) is 0 Å². The van der Waals surface area contributed by atoms with E-state index in [-0.39, 0.29) is 22.3 Å². The van der Waals surface area contributed by atoms with E-state index in [0.29, 0.717) is 0 Å². The third-order valence-electron chi connectivity index (χ3n) is 3.05. The highest BCUT2D eigenvalue weighted by atomic mass is 32.2. The summed E-state index contributed by atoms with van der Waals surface area (Å²) >= 11 is 0.232. The van der Waals surface area contributed by atoms with Crippen LogP contribution < -0.4 is 10.2 Å². The SMILES string of the molecule is CC1(C)C(=O)NC(=O)N(c2ccccc2SC(F)F)C1=O. The van der Waals surface area contributed by atoms with Crippen LogP contribution >= 0.6 is 11.8 Å². The van der Waals surface area contributed by atoms with Crippen molar-refractivity contribution in [2.45, 2.75) is 24.5 Å². The number of rotatable bonds is 3. The first kappa shape index (κ1) is 15.4. The Bertz CT molecular complexity index is 619. The third-order valence-corrected chi connectivity index (χ3v) is 3.83. The Balaban J connectivity index is 2.48. The van der Waals surface area contributed by atoms with Gasteiger partial charge >= 0.3 is 6.03 Å². The van der Waals surface area contributed by atoms with Gasteiger partial charge in [-0.15, -0.1) is 0 Å². The van der Waals surface area contributed by atoms with Crippen LogP contribution in [0.15, 0.2) is 29.2 Å². The molecule has 21 heavy (non-hydrogen) atoms. The molecule has 0 radical (unpaired) electrons. The number of imide groups is 2. The van der Waals surface area contributed by atoms with Gasteiger partial charge in [0.05, 0.1) is 5.69 Å². The molecule has 5 nitrogen and oxygen atoms in total. The average Bonchev–Trinajstić information content (AvgIpc) is 2.38. The number of benzene rings is 1. The summed E-state index contributed by atoms with van der Waals surface area (Å²) in [6, 6.07) is 4.88. The van der Waals surface area contributed by atoms with Gasteiger partial charge in [0.1, 0.15) is 5.41 Å². The molecule has 0 saturated carbocycles. The first-order chi connectivity index (χ1) is 9.75. The van der Waals surface area contributed by atoms with Crippen LogP contribution in [-0.4, -0.2) is 23.6 Å². The molecular formula is C13H12F2N2O3S. The lowest BCUT2D eigenvalue weighted by molar-refractivity contribution is -0.140. The van der Waals surface area contributed by atoms with Gasteiger partial charge in [-0.25, -0.2) is 9.69 Å². The molecule has 112 valence electrons. The summed E-state index contributed by atoms with van der Waals surface area (Å²) < 4.78 is 25.2. The zero-order chi connectivity index (χ0) is 15.8.